The molecular weight excluding hydrogens is 190 g/mol. The summed E-state index contributed by atoms with van der Waals surface area (Å²) < 4.78 is 0. The highest BCUT2D eigenvalue weighted by Gasteiger charge is 2.31. The summed E-state index contributed by atoms with van der Waals surface area (Å²) in [5, 5.41) is 3.27. The van der Waals surface area contributed by atoms with Crippen molar-refractivity contribution >= 4 is 5.91 Å². The maximum Gasteiger partial charge on any atom is 0.235 e. The van der Waals surface area contributed by atoms with E-state index in [4.69, 9.17) is 11.5 Å². The molecule has 1 aliphatic rings. The SMILES string of the molecule is CCC1(CNCC(N)C(N)=O)CCCC1. The molecule has 0 aromatic carbocycles. The zero-order chi connectivity index (χ0) is 11.3. The average molecular weight is 213 g/mol. The zero-order valence-electron chi connectivity index (χ0n) is 9.59. The summed E-state index contributed by atoms with van der Waals surface area (Å²) in [5.74, 6) is -0.431. The number of hydrogen-bond acceptors (Lipinski definition) is 3. The molecule has 0 bridgehead atoms. The van der Waals surface area contributed by atoms with Crippen molar-refractivity contribution in [3.63, 3.8) is 0 Å². The Morgan fingerprint density at radius 3 is 2.53 bits per heavy atom. The lowest BCUT2D eigenvalue weighted by atomic mass is 9.83. The minimum Gasteiger partial charge on any atom is -0.368 e. The Labute approximate surface area is 91.8 Å². The maximum absolute atomic E-state index is 10.7. The lowest BCUT2D eigenvalue weighted by Crippen LogP contribution is -2.46. The number of nitrogens with one attached hydrogen (secondary N) is 1. The van der Waals surface area contributed by atoms with Crippen LogP contribution < -0.4 is 16.8 Å². The van der Waals surface area contributed by atoms with Crippen LogP contribution in [0.3, 0.4) is 0 Å². The molecule has 88 valence electrons. The van der Waals surface area contributed by atoms with E-state index in [-0.39, 0.29) is 0 Å². The largest absolute Gasteiger partial charge is 0.368 e. The van der Waals surface area contributed by atoms with Crippen LogP contribution in [0.15, 0.2) is 0 Å². The molecule has 0 saturated heterocycles. The first kappa shape index (κ1) is 12.5. The minimum absolute atomic E-state index is 0.431. The van der Waals surface area contributed by atoms with Crippen LogP contribution >= 0.6 is 0 Å². The molecule has 1 fully saturated rings. The molecule has 5 N–H and O–H groups in total. The molecule has 0 aromatic heterocycles. The molecule has 0 spiro atoms. The van der Waals surface area contributed by atoms with Gasteiger partial charge in [-0.15, -0.1) is 0 Å². The van der Waals surface area contributed by atoms with Crippen LogP contribution in [0.1, 0.15) is 39.0 Å². The molecule has 0 aromatic rings. The Hall–Kier alpha value is -0.610. The number of carbonyl (C=O) groups is 1. The quantitative estimate of drug-likeness (QED) is 0.596. The number of hydrogen-bond donors (Lipinski definition) is 3. The number of primary amides is 1. The second kappa shape index (κ2) is 5.47. The van der Waals surface area contributed by atoms with Crippen LogP contribution in [-0.2, 0) is 4.79 Å². The van der Waals surface area contributed by atoms with Crippen molar-refractivity contribution < 1.29 is 4.79 Å². The third-order valence-electron chi connectivity index (χ3n) is 3.64. The Bertz CT molecular complexity index is 212. The fourth-order valence-electron chi connectivity index (χ4n) is 2.37. The van der Waals surface area contributed by atoms with Crippen LogP contribution in [0.5, 0.6) is 0 Å². The Balaban J connectivity index is 2.26. The van der Waals surface area contributed by atoms with Gasteiger partial charge < -0.3 is 16.8 Å². The fourth-order valence-corrected chi connectivity index (χ4v) is 2.37. The van der Waals surface area contributed by atoms with Gasteiger partial charge in [0.15, 0.2) is 0 Å². The average Bonchev–Trinajstić information content (AvgIpc) is 2.67. The second-order valence-electron chi connectivity index (χ2n) is 4.70. The van der Waals surface area contributed by atoms with Crippen LogP contribution in [-0.4, -0.2) is 25.0 Å². The second-order valence-corrected chi connectivity index (χ2v) is 4.70. The molecule has 1 saturated carbocycles. The summed E-state index contributed by atoms with van der Waals surface area (Å²) in [6.07, 6.45) is 6.45. The van der Waals surface area contributed by atoms with Gasteiger partial charge in [0.25, 0.3) is 0 Å². The van der Waals surface area contributed by atoms with Crippen molar-refractivity contribution in [2.24, 2.45) is 16.9 Å². The lowest BCUT2D eigenvalue weighted by molar-refractivity contribution is -0.119. The molecule has 1 unspecified atom stereocenters. The summed E-state index contributed by atoms with van der Waals surface area (Å²) in [4.78, 5) is 10.7. The summed E-state index contributed by atoms with van der Waals surface area (Å²) in [5.41, 5.74) is 11.1. The maximum atomic E-state index is 10.7. The molecule has 15 heavy (non-hydrogen) atoms. The Kier molecular flexibility index (Phi) is 4.54. The predicted molar refractivity (Wildman–Crippen MR) is 61.2 cm³/mol. The first-order valence-corrected chi connectivity index (χ1v) is 5.85. The Morgan fingerprint density at radius 2 is 2.07 bits per heavy atom. The van der Waals surface area contributed by atoms with Crippen molar-refractivity contribution in [1.29, 1.82) is 0 Å². The van der Waals surface area contributed by atoms with E-state index in [9.17, 15) is 4.79 Å². The molecule has 1 atom stereocenters. The van der Waals surface area contributed by atoms with Crippen molar-refractivity contribution in [3.8, 4) is 0 Å². The summed E-state index contributed by atoms with van der Waals surface area (Å²) in [7, 11) is 0. The number of carbonyl (C=O) groups excluding carboxylic acids is 1. The summed E-state index contributed by atoms with van der Waals surface area (Å²) in [6, 6.07) is -0.555. The highest BCUT2D eigenvalue weighted by Crippen LogP contribution is 2.40. The predicted octanol–water partition coefficient (Wildman–Crippen LogP) is 0.359. The van der Waals surface area contributed by atoms with E-state index in [0.29, 0.717) is 12.0 Å². The first-order chi connectivity index (χ1) is 7.09. The molecule has 1 aliphatic carbocycles. The summed E-state index contributed by atoms with van der Waals surface area (Å²) in [6.45, 7) is 3.70. The smallest absolute Gasteiger partial charge is 0.235 e. The number of amides is 1. The molecule has 0 aliphatic heterocycles. The lowest BCUT2D eigenvalue weighted by Gasteiger charge is -2.28. The van der Waals surface area contributed by atoms with E-state index >= 15 is 0 Å². The van der Waals surface area contributed by atoms with Gasteiger partial charge in [0.1, 0.15) is 0 Å². The zero-order valence-corrected chi connectivity index (χ0v) is 9.59. The van der Waals surface area contributed by atoms with Gasteiger partial charge in [-0.25, -0.2) is 0 Å². The normalized spacial score (nSPS) is 21.5. The van der Waals surface area contributed by atoms with Gasteiger partial charge >= 0.3 is 0 Å². The van der Waals surface area contributed by atoms with Gasteiger partial charge in [0.05, 0.1) is 6.04 Å². The number of rotatable bonds is 6. The molecule has 0 heterocycles. The van der Waals surface area contributed by atoms with E-state index in [0.717, 1.165) is 6.54 Å². The fraction of sp³-hybridized carbons (Fsp3) is 0.909. The van der Waals surface area contributed by atoms with Gasteiger partial charge in [-0.1, -0.05) is 19.8 Å². The van der Waals surface area contributed by atoms with Crippen molar-refractivity contribution in [2.75, 3.05) is 13.1 Å². The van der Waals surface area contributed by atoms with Crippen LogP contribution in [0, 0.1) is 5.41 Å². The summed E-state index contributed by atoms with van der Waals surface area (Å²) >= 11 is 0. The van der Waals surface area contributed by atoms with Crippen LogP contribution in [0.2, 0.25) is 0 Å². The van der Waals surface area contributed by atoms with Crippen LogP contribution in [0.25, 0.3) is 0 Å². The molecule has 4 heteroatoms. The monoisotopic (exact) mass is 213 g/mol. The molecule has 4 nitrogen and oxygen atoms in total. The topological polar surface area (TPSA) is 81.1 Å². The van der Waals surface area contributed by atoms with E-state index in [1.54, 1.807) is 0 Å². The standard InChI is InChI=1S/C11H23N3O/c1-2-11(5-3-4-6-11)8-14-7-9(12)10(13)15/h9,14H,2-8,12H2,1H3,(H2,13,15). The van der Waals surface area contributed by atoms with Gasteiger partial charge in [-0.3, -0.25) is 4.79 Å². The van der Waals surface area contributed by atoms with Gasteiger partial charge in [0.2, 0.25) is 5.91 Å². The van der Waals surface area contributed by atoms with E-state index in [1.807, 2.05) is 0 Å². The Morgan fingerprint density at radius 1 is 1.47 bits per heavy atom. The van der Waals surface area contributed by atoms with Gasteiger partial charge in [0, 0.05) is 13.1 Å². The first-order valence-electron chi connectivity index (χ1n) is 5.85. The van der Waals surface area contributed by atoms with E-state index in [1.165, 1.54) is 32.1 Å². The van der Waals surface area contributed by atoms with Gasteiger partial charge in [-0.2, -0.15) is 0 Å². The third kappa shape index (κ3) is 3.47. The highest BCUT2D eigenvalue weighted by atomic mass is 16.1. The van der Waals surface area contributed by atoms with E-state index < -0.39 is 11.9 Å². The van der Waals surface area contributed by atoms with Crippen LogP contribution in [0.4, 0.5) is 0 Å². The molecule has 1 amide bonds. The minimum atomic E-state index is -0.555. The molecular formula is C11H23N3O. The van der Waals surface area contributed by atoms with Crippen molar-refractivity contribution in [3.05, 3.63) is 0 Å². The van der Waals surface area contributed by atoms with Gasteiger partial charge in [-0.05, 0) is 24.7 Å². The number of nitrogens with two attached hydrogens (primary N) is 2. The van der Waals surface area contributed by atoms with Crippen molar-refractivity contribution in [1.82, 2.24) is 5.32 Å². The third-order valence-corrected chi connectivity index (χ3v) is 3.64. The molecule has 0 radical (unpaired) electrons. The highest BCUT2D eigenvalue weighted by molar-refractivity contribution is 5.79. The van der Waals surface area contributed by atoms with Crippen molar-refractivity contribution in [2.45, 2.75) is 45.1 Å². The van der Waals surface area contributed by atoms with E-state index in [2.05, 4.69) is 12.2 Å². The molecule has 1 rings (SSSR count).